The molecular formula is C20H24N2O3. The van der Waals surface area contributed by atoms with Gasteiger partial charge in [-0.3, -0.25) is 9.59 Å². The van der Waals surface area contributed by atoms with Crippen LogP contribution in [0.15, 0.2) is 54.6 Å². The summed E-state index contributed by atoms with van der Waals surface area (Å²) in [6, 6.07) is 16.3. The molecule has 2 aromatic rings. The first-order chi connectivity index (χ1) is 12.1. The molecule has 0 bridgehead atoms. The first-order valence-corrected chi connectivity index (χ1v) is 8.51. The molecule has 2 amide bonds. The smallest absolute Gasteiger partial charge is 0.253 e. The Morgan fingerprint density at radius 1 is 0.960 bits per heavy atom. The number of amides is 2. The lowest BCUT2D eigenvalue weighted by molar-refractivity contribution is -0.116. The molecule has 0 unspecified atom stereocenters. The van der Waals surface area contributed by atoms with E-state index >= 15 is 0 Å². The fraction of sp³-hybridized carbons (Fsp3) is 0.300. The van der Waals surface area contributed by atoms with Crippen molar-refractivity contribution >= 4 is 17.5 Å². The maximum atomic E-state index is 12.2. The molecule has 0 atom stereocenters. The lowest BCUT2D eigenvalue weighted by atomic mass is 10.1. The number of hydrogen-bond acceptors (Lipinski definition) is 3. The minimum Gasteiger partial charge on any atom is -0.493 e. The predicted octanol–water partition coefficient (Wildman–Crippen LogP) is 3.58. The summed E-state index contributed by atoms with van der Waals surface area (Å²) in [6.45, 7) is 5.57. The molecule has 2 rings (SSSR count). The van der Waals surface area contributed by atoms with Gasteiger partial charge in [0.25, 0.3) is 5.91 Å². The number of para-hydroxylation sites is 1. The molecule has 2 aromatic carbocycles. The van der Waals surface area contributed by atoms with Gasteiger partial charge in [0.1, 0.15) is 5.75 Å². The topological polar surface area (TPSA) is 58.6 Å². The molecule has 0 fully saturated rings. The molecule has 132 valence electrons. The molecule has 1 N–H and O–H groups in total. The van der Waals surface area contributed by atoms with Gasteiger partial charge in [-0.15, -0.1) is 0 Å². The van der Waals surface area contributed by atoms with Gasteiger partial charge in [-0.2, -0.15) is 0 Å². The molecule has 0 aliphatic carbocycles. The van der Waals surface area contributed by atoms with Crippen LogP contribution in [-0.2, 0) is 4.79 Å². The summed E-state index contributed by atoms with van der Waals surface area (Å²) >= 11 is 0. The number of carbonyl (C=O) groups excluding carboxylic acids is 2. The van der Waals surface area contributed by atoms with Crippen molar-refractivity contribution in [1.29, 1.82) is 0 Å². The Balaban J connectivity index is 1.82. The molecule has 0 aliphatic heterocycles. The molecule has 0 heterocycles. The molecule has 0 spiro atoms. The third-order valence-electron chi connectivity index (χ3n) is 3.81. The van der Waals surface area contributed by atoms with Crippen molar-refractivity contribution in [2.24, 2.45) is 0 Å². The van der Waals surface area contributed by atoms with Crippen LogP contribution in [0.1, 0.15) is 30.6 Å². The predicted molar refractivity (Wildman–Crippen MR) is 98.9 cm³/mol. The Bertz CT molecular complexity index is 680. The molecule has 5 heteroatoms. The molecule has 0 radical (unpaired) electrons. The summed E-state index contributed by atoms with van der Waals surface area (Å²) in [4.78, 5) is 26.0. The maximum Gasteiger partial charge on any atom is 0.253 e. The van der Waals surface area contributed by atoms with E-state index in [1.165, 1.54) is 0 Å². The van der Waals surface area contributed by atoms with E-state index in [-0.39, 0.29) is 18.2 Å². The van der Waals surface area contributed by atoms with Crippen LogP contribution in [0.25, 0.3) is 0 Å². The monoisotopic (exact) mass is 340 g/mol. The minimum absolute atomic E-state index is 0.000798. The SMILES string of the molecule is CCN(CC)C(=O)c1ccc(NC(=O)CCOc2ccccc2)cc1. The van der Waals surface area contributed by atoms with Gasteiger partial charge in [-0.1, -0.05) is 18.2 Å². The summed E-state index contributed by atoms with van der Waals surface area (Å²) in [6.07, 6.45) is 0.259. The van der Waals surface area contributed by atoms with Gasteiger partial charge in [-0.05, 0) is 50.2 Å². The second-order valence-corrected chi connectivity index (χ2v) is 5.51. The van der Waals surface area contributed by atoms with Crippen LogP contribution < -0.4 is 10.1 Å². The van der Waals surface area contributed by atoms with Crippen molar-refractivity contribution in [3.8, 4) is 5.75 Å². The van der Waals surface area contributed by atoms with E-state index < -0.39 is 0 Å². The van der Waals surface area contributed by atoms with Gasteiger partial charge in [-0.25, -0.2) is 0 Å². The largest absolute Gasteiger partial charge is 0.493 e. The van der Waals surface area contributed by atoms with E-state index in [1.807, 2.05) is 44.2 Å². The van der Waals surface area contributed by atoms with E-state index in [9.17, 15) is 9.59 Å². The number of anilines is 1. The number of rotatable bonds is 8. The zero-order chi connectivity index (χ0) is 18.1. The van der Waals surface area contributed by atoms with E-state index in [2.05, 4.69) is 5.32 Å². The number of hydrogen-bond donors (Lipinski definition) is 1. The second kappa shape index (κ2) is 9.47. The van der Waals surface area contributed by atoms with Crippen LogP contribution in [0.2, 0.25) is 0 Å². The number of carbonyl (C=O) groups is 2. The zero-order valence-electron chi connectivity index (χ0n) is 14.7. The highest BCUT2D eigenvalue weighted by molar-refractivity contribution is 5.95. The van der Waals surface area contributed by atoms with Crippen LogP contribution in [0.4, 0.5) is 5.69 Å². The van der Waals surface area contributed by atoms with Crippen molar-refractivity contribution in [2.45, 2.75) is 20.3 Å². The fourth-order valence-corrected chi connectivity index (χ4v) is 2.39. The third-order valence-corrected chi connectivity index (χ3v) is 3.81. The molecule has 25 heavy (non-hydrogen) atoms. The van der Waals surface area contributed by atoms with Gasteiger partial charge in [0.15, 0.2) is 0 Å². The minimum atomic E-state index is -0.126. The van der Waals surface area contributed by atoms with Crippen LogP contribution >= 0.6 is 0 Å². The highest BCUT2D eigenvalue weighted by Crippen LogP contribution is 2.13. The van der Waals surface area contributed by atoms with Gasteiger partial charge in [0.2, 0.25) is 5.91 Å². The molecule has 5 nitrogen and oxygen atoms in total. The van der Waals surface area contributed by atoms with E-state index in [1.54, 1.807) is 29.2 Å². The van der Waals surface area contributed by atoms with Crippen LogP contribution in [0.3, 0.4) is 0 Å². The molecule has 0 aliphatic rings. The van der Waals surface area contributed by atoms with E-state index in [4.69, 9.17) is 4.74 Å². The maximum absolute atomic E-state index is 12.2. The number of nitrogens with zero attached hydrogens (tertiary/aromatic N) is 1. The quantitative estimate of drug-likeness (QED) is 0.799. The summed E-state index contributed by atoms with van der Waals surface area (Å²) in [5.74, 6) is 0.618. The first kappa shape index (κ1) is 18.5. The molecular weight excluding hydrogens is 316 g/mol. The van der Waals surface area contributed by atoms with Crippen LogP contribution in [0, 0.1) is 0 Å². The van der Waals surface area contributed by atoms with Crippen molar-refractivity contribution in [1.82, 2.24) is 4.90 Å². The molecule has 0 saturated heterocycles. The summed E-state index contributed by atoms with van der Waals surface area (Å²) in [5.41, 5.74) is 1.29. The standard InChI is InChI=1S/C20H24N2O3/c1-3-22(4-2)20(24)16-10-12-17(13-11-16)21-19(23)14-15-25-18-8-6-5-7-9-18/h5-13H,3-4,14-15H2,1-2H3,(H,21,23). The number of nitrogens with one attached hydrogen (secondary N) is 1. The highest BCUT2D eigenvalue weighted by atomic mass is 16.5. The van der Waals surface area contributed by atoms with Crippen LogP contribution in [0.5, 0.6) is 5.75 Å². The Kier molecular flexibility index (Phi) is 7.01. The highest BCUT2D eigenvalue weighted by Gasteiger charge is 2.12. The number of benzene rings is 2. The first-order valence-electron chi connectivity index (χ1n) is 8.51. The van der Waals surface area contributed by atoms with Gasteiger partial charge >= 0.3 is 0 Å². The van der Waals surface area contributed by atoms with Crippen LogP contribution in [-0.4, -0.2) is 36.4 Å². The van der Waals surface area contributed by atoms with Crippen molar-refractivity contribution < 1.29 is 14.3 Å². The summed E-state index contributed by atoms with van der Waals surface area (Å²) < 4.78 is 5.50. The average Bonchev–Trinajstić information content (AvgIpc) is 2.64. The lowest BCUT2D eigenvalue weighted by Crippen LogP contribution is -2.30. The fourth-order valence-electron chi connectivity index (χ4n) is 2.39. The Hall–Kier alpha value is -2.82. The normalized spacial score (nSPS) is 10.2. The van der Waals surface area contributed by atoms with E-state index in [0.29, 0.717) is 30.9 Å². The third kappa shape index (κ3) is 5.64. The Morgan fingerprint density at radius 3 is 2.20 bits per heavy atom. The molecule has 0 aromatic heterocycles. The number of ether oxygens (including phenoxy) is 1. The molecule has 0 saturated carbocycles. The van der Waals surface area contributed by atoms with Gasteiger partial charge in [0, 0.05) is 24.3 Å². The van der Waals surface area contributed by atoms with Gasteiger partial charge in [0.05, 0.1) is 13.0 Å². The zero-order valence-corrected chi connectivity index (χ0v) is 14.7. The second-order valence-electron chi connectivity index (χ2n) is 5.51. The lowest BCUT2D eigenvalue weighted by Gasteiger charge is -2.18. The summed E-state index contributed by atoms with van der Waals surface area (Å²) in [5, 5.41) is 2.81. The van der Waals surface area contributed by atoms with Crippen molar-refractivity contribution in [3.63, 3.8) is 0 Å². The van der Waals surface area contributed by atoms with Gasteiger partial charge < -0.3 is 15.0 Å². The van der Waals surface area contributed by atoms with E-state index in [0.717, 1.165) is 5.75 Å². The van der Waals surface area contributed by atoms with Crippen molar-refractivity contribution in [3.05, 3.63) is 60.2 Å². The Morgan fingerprint density at radius 2 is 1.60 bits per heavy atom. The average molecular weight is 340 g/mol. The Labute approximate surface area is 148 Å². The summed E-state index contributed by atoms with van der Waals surface area (Å²) in [7, 11) is 0. The van der Waals surface area contributed by atoms with Crippen molar-refractivity contribution in [2.75, 3.05) is 25.0 Å².